The maximum absolute atomic E-state index is 10.6. The SMILES string of the molecule is CCC1=NC(=O)C=C1C. The van der Waals surface area contributed by atoms with Gasteiger partial charge < -0.3 is 0 Å². The zero-order chi connectivity index (χ0) is 6.85. The molecule has 2 heteroatoms. The van der Waals surface area contributed by atoms with Crippen LogP contribution in [0.4, 0.5) is 0 Å². The molecule has 1 amide bonds. The standard InChI is InChI=1S/C7H9NO/c1-3-6-5(2)4-7(9)8-6/h4H,3H2,1-2H3. The topological polar surface area (TPSA) is 29.4 Å². The van der Waals surface area contributed by atoms with E-state index < -0.39 is 0 Å². The van der Waals surface area contributed by atoms with Gasteiger partial charge in [-0.15, -0.1) is 0 Å². The van der Waals surface area contributed by atoms with Crippen LogP contribution in [0.3, 0.4) is 0 Å². The molecule has 0 atom stereocenters. The van der Waals surface area contributed by atoms with Gasteiger partial charge in [0.05, 0.1) is 0 Å². The second-order valence-corrected chi connectivity index (χ2v) is 2.08. The first-order valence-electron chi connectivity index (χ1n) is 3.04. The Labute approximate surface area is 54.3 Å². The van der Waals surface area contributed by atoms with Gasteiger partial charge in [0.15, 0.2) is 0 Å². The van der Waals surface area contributed by atoms with Crippen molar-refractivity contribution in [2.45, 2.75) is 20.3 Å². The molecule has 0 spiro atoms. The maximum Gasteiger partial charge on any atom is 0.270 e. The van der Waals surface area contributed by atoms with Gasteiger partial charge in [-0.2, -0.15) is 0 Å². The Morgan fingerprint density at radius 3 is 2.56 bits per heavy atom. The minimum Gasteiger partial charge on any atom is -0.267 e. The molecule has 1 heterocycles. The van der Waals surface area contributed by atoms with Crippen molar-refractivity contribution in [2.75, 3.05) is 0 Å². The molecule has 0 radical (unpaired) electrons. The number of aliphatic imine (C=N–C) groups is 1. The van der Waals surface area contributed by atoms with Gasteiger partial charge in [-0.1, -0.05) is 6.92 Å². The van der Waals surface area contributed by atoms with Crippen molar-refractivity contribution >= 4 is 11.6 Å². The summed E-state index contributed by atoms with van der Waals surface area (Å²) in [6, 6.07) is 0. The van der Waals surface area contributed by atoms with Crippen LogP contribution in [0.25, 0.3) is 0 Å². The molecule has 0 aromatic rings. The highest BCUT2D eigenvalue weighted by molar-refractivity contribution is 6.16. The largest absolute Gasteiger partial charge is 0.270 e. The lowest BCUT2D eigenvalue weighted by Crippen LogP contribution is -1.92. The highest BCUT2D eigenvalue weighted by Crippen LogP contribution is 2.08. The molecule has 0 saturated carbocycles. The summed E-state index contributed by atoms with van der Waals surface area (Å²) in [7, 11) is 0. The Morgan fingerprint density at radius 1 is 1.67 bits per heavy atom. The number of carbonyl (C=O) groups is 1. The molecule has 0 aliphatic carbocycles. The second kappa shape index (κ2) is 2.13. The van der Waals surface area contributed by atoms with E-state index in [0.29, 0.717) is 0 Å². The third kappa shape index (κ3) is 1.07. The van der Waals surface area contributed by atoms with Crippen LogP contribution in [0.1, 0.15) is 20.3 Å². The molecule has 1 aliphatic heterocycles. The Balaban J connectivity index is 2.87. The molecule has 1 aliphatic rings. The van der Waals surface area contributed by atoms with Crippen LogP contribution in [-0.4, -0.2) is 11.6 Å². The van der Waals surface area contributed by atoms with Gasteiger partial charge in [0, 0.05) is 11.8 Å². The molecule has 0 aromatic heterocycles. The van der Waals surface area contributed by atoms with Crippen LogP contribution in [0.5, 0.6) is 0 Å². The molecular formula is C7H9NO. The summed E-state index contributed by atoms with van der Waals surface area (Å²) >= 11 is 0. The molecule has 0 N–H and O–H groups in total. The van der Waals surface area contributed by atoms with Crippen LogP contribution in [0.2, 0.25) is 0 Å². The zero-order valence-corrected chi connectivity index (χ0v) is 5.64. The van der Waals surface area contributed by atoms with E-state index >= 15 is 0 Å². The van der Waals surface area contributed by atoms with Crippen molar-refractivity contribution in [3.8, 4) is 0 Å². The average molecular weight is 123 g/mol. The number of hydrogen-bond acceptors (Lipinski definition) is 1. The summed E-state index contributed by atoms with van der Waals surface area (Å²) in [5.41, 5.74) is 1.95. The van der Waals surface area contributed by atoms with Crippen molar-refractivity contribution in [1.29, 1.82) is 0 Å². The zero-order valence-electron chi connectivity index (χ0n) is 5.64. The van der Waals surface area contributed by atoms with E-state index in [-0.39, 0.29) is 5.91 Å². The van der Waals surface area contributed by atoms with Crippen molar-refractivity contribution in [1.82, 2.24) is 0 Å². The van der Waals surface area contributed by atoms with Gasteiger partial charge >= 0.3 is 0 Å². The van der Waals surface area contributed by atoms with Gasteiger partial charge in [-0.3, -0.25) is 4.79 Å². The normalized spacial score (nSPS) is 17.8. The third-order valence-corrected chi connectivity index (χ3v) is 1.38. The Morgan fingerprint density at radius 2 is 2.33 bits per heavy atom. The number of amides is 1. The van der Waals surface area contributed by atoms with Crippen molar-refractivity contribution in [3.63, 3.8) is 0 Å². The van der Waals surface area contributed by atoms with Gasteiger partial charge in [0.1, 0.15) is 0 Å². The summed E-state index contributed by atoms with van der Waals surface area (Å²) in [4.78, 5) is 14.3. The van der Waals surface area contributed by atoms with Crippen molar-refractivity contribution < 1.29 is 4.79 Å². The number of carbonyl (C=O) groups excluding carboxylic acids is 1. The molecule has 2 nitrogen and oxygen atoms in total. The molecule has 0 saturated heterocycles. The summed E-state index contributed by atoms with van der Waals surface area (Å²) < 4.78 is 0. The fraction of sp³-hybridized carbons (Fsp3) is 0.429. The lowest BCUT2D eigenvalue weighted by atomic mass is 10.1. The molecule has 48 valence electrons. The number of nitrogens with zero attached hydrogens (tertiary/aromatic N) is 1. The van der Waals surface area contributed by atoms with Crippen LogP contribution in [-0.2, 0) is 4.79 Å². The Hall–Kier alpha value is -0.920. The van der Waals surface area contributed by atoms with E-state index in [9.17, 15) is 4.79 Å². The van der Waals surface area contributed by atoms with E-state index in [1.165, 1.54) is 0 Å². The van der Waals surface area contributed by atoms with Crippen molar-refractivity contribution in [2.24, 2.45) is 4.99 Å². The van der Waals surface area contributed by atoms with E-state index in [1.54, 1.807) is 6.08 Å². The minimum absolute atomic E-state index is 0.107. The summed E-state index contributed by atoms with van der Waals surface area (Å²) in [6.45, 7) is 3.90. The van der Waals surface area contributed by atoms with Crippen molar-refractivity contribution in [3.05, 3.63) is 11.6 Å². The van der Waals surface area contributed by atoms with Gasteiger partial charge in [-0.05, 0) is 18.9 Å². The maximum atomic E-state index is 10.6. The van der Waals surface area contributed by atoms with E-state index in [4.69, 9.17) is 0 Å². The van der Waals surface area contributed by atoms with E-state index in [0.717, 1.165) is 17.7 Å². The van der Waals surface area contributed by atoms with Gasteiger partial charge in [-0.25, -0.2) is 4.99 Å². The Kier molecular flexibility index (Phi) is 1.47. The predicted octanol–water partition coefficient (Wildman–Crippen LogP) is 1.32. The summed E-state index contributed by atoms with van der Waals surface area (Å²) in [5, 5.41) is 0. The highest BCUT2D eigenvalue weighted by Gasteiger charge is 2.09. The first-order chi connectivity index (χ1) is 4.24. The second-order valence-electron chi connectivity index (χ2n) is 2.08. The number of hydrogen-bond donors (Lipinski definition) is 0. The van der Waals surface area contributed by atoms with Gasteiger partial charge in [0.25, 0.3) is 5.91 Å². The van der Waals surface area contributed by atoms with E-state index in [2.05, 4.69) is 4.99 Å². The van der Waals surface area contributed by atoms with Crippen LogP contribution in [0, 0.1) is 0 Å². The highest BCUT2D eigenvalue weighted by atomic mass is 16.1. The predicted molar refractivity (Wildman–Crippen MR) is 36.5 cm³/mol. The fourth-order valence-electron chi connectivity index (χ4n) is 0.880. The van der Waals surface area contributed by atoms with Crippen LogP contribution < -0.4 is 0 Å². The number of allylic oxidation sites excluding steroid dienone is 1. The monoisotopic (exact) mass is 123 g/mol. The lowest BCUT2D eigenvalue weighted by molar-refractivity contribution is -0.113. The molecule has 0 bridgehead atoms. The first-order valence-corrected chi connectivity index (χ1v) is 3.04. The van der Waals surface area contributed by atoms with E-state index in [1.807, 2.05) is 13.8 Å². The summed E-state index contributed by atoms with van der Waals surface area (Å²) in [6.07, 6.45) is 2.42. The molecule has 0 aromatic carbocycles. The van der Waals surface area contributed by atoms with Crippen LogP contribution >= 0.6 is 0 Å². The smallest absolute Gasteiger partial charge is 0.267 e. The lowest BCUT2D eigenvalue weighted by Gasteiger charge is -1.91. The summed E-state index contributed by atoms with van der Waals surface area (Å²) in [5.74, 6) is -0.107. The quantitative estimate of drug-likeness (QED) is 0.517. The molecule has 1 rings (SSSR count). The fourth-order valence-corrected chi connectivity index (χ4v) is 0.880. The van der Waals surface area contributed by atoms with Crippen LogP contribution in [0.15, 0.2) is 16.6 Å². The first kappa shape index (κ1) is 6.20. The molecule has 0 unspecified atom stereocenters. The Bertz CT molecular complexity index is 201. The molecular weight excluding hydrogens is 114 g/mol. The van der Waals surface area contributed by atoms with Gasteiger partial charge in [0.2, 0.25) is 0 Å². The average Bonchev–Trinajstić information content (AvgIpc) is 2.10. The molecule has 0 fully saturated rings. The number of rotatable bonds is 1. The molecule has 9 heavy (non-hydrogen) atoms. The minimum atomic E-state index is -0.107. The third-order valence-electron chi connectivity index (χ3n) is 1.38.